The van der Waals surface area contributed by atoms with E-state index in [1.54, 1.807) is 0 Å². The van der Waals surface area contributed by atoms with Crippen molar-refractivity contribution in [1.82, 2.24) is 25.3 Å². The van der Waals surface area contributed by atoms with Crippen molar-refractivity contribution in [3.05, 3.63) is 53.9 Å². The number of aryl methyl sites for hydroxylation is 1. The molecule has 26 heavy (non-hydrogen) atoms. The van der Waals surface area contributed by atoms with E-state index >= 15 is 0 Å². The van der Waals surface area contributed by atoms with E-state index in [2.05, 4.69) is 62.9 Å². The lowest BCUT2D eigenvalue weighted by atomic mass is 10.2. The maximum Gasteiger partial charge on any atom is 0.191 e. The minimum Gasteiger partial charge on any atom is -0.352 e. The molecular formula is C19H29IN6. The number of nitrogens with one attached hydrogen (secondary N) is 2. The summed E-state index contributed by atoms with van der Waals surface area (Å²) in [6.07, 6.45) is 2.94. The summed E-state index contributed by atoms with van der Waals surface area (Å²) in [5.41, 5.74) is 2.50. The summed E-state index contributed by atoms with van der Waals surface area (Å²) in [6.45, 7) is 5.05. The molecule has 0 radical (unpaired) electrons. The number of hydrogen-bond acceptors (Lipinski definition) is 3. The van der Waals surface area contributed by atoms with Gasteiger partial charge in [-0.2, -0.15) is 5.10 Å². The zero-order chi connectivity index (χ0) is 17.6. The highest BCUT2D eigenvalue weighted by Crippen LogP contribution is 2.20. The summed E-state index contributed by atoms with van der Waals surface area (Å²) in [5, 5.41) is 11.1. The van der Waals surface area contributed by atoms with Crippen LogP contribution in [0.2, 0.25) is 0 Å². The van der Waals surface area contributed by atoms with Crippen LogP contribution in [-0.4, -0.2) is 46.3 Å². The van der Waals surface area contributed by atoms with Crippen molar-refractivity contribution in [3.63, 3.8) is 0 Å². The van der Waals surface area contributed by atoms with Crippen molar-refractivity contribution in [2.75, 3.05) is 13.6 Å². The van der Waals surface area contributed by atoms with Gasteiger partial charge in [-0.25, -0.2) is 0 Å². The lowest BCUT2D eigenvalue weighted by Crippen LogP contribution is -2.44. The van der Waals surface area contributed by atoms with Crippen molar-refractivity contribution in [2.45, 2.75) is 38.5 Å². The molecule has 142 valence electrons. The largest absolute Gasteiger partial charge is 0.352 e. The minimum atomic E-state index is 0. The first-order chi connectivity index (χ1) is 12.2. The summed E-state index contributed by atoms with van der Waals surface area (Å²) in [4.78, 5) is 6.89. The lowest BCUT2D eigenvalue weighted by Gasteiger charge is -2.21. The van der Waals surface area contributed by atoms with E-state index in [1.165, 1.54) is 5.56 Å². The first-order valence-corrected chi connectivity index (χ1v) is 8.87. The smallest absolute Gasteiger partial charge is 0.191 e. The highest BCUT2D eigenvalue weighted by atomic mass is 127. The molecule has 2 heterocycles. The standard InChI is InChI=1S/C19H28N6.HI/c1-15-11-17(14-25(15)13-16-7-5-4-6-8-16)23-19(20-2)21-12-18-9-10-22-24(18)3;/h4-10,15,17H,11-14H2,1-3H3,(H2,20,21,23);1H. The number of rotatable bonds is 5. The second-order valence-corrected chi connectivity index (χ2v) is 6.71. The van der Waals surface area contributed by atoms with Gasteiger partial charge >= 0.3 is 0 Å². The first-order valence-electron chi connectivity index (χ1n) is 8.87. The maximum absolute atomic E-state index is 4.36. The van der Waals surface area contributed by atoms with Crippen LogP contribution in [0.3, 0.4) is 0 Å². The number of guanidine groups is 1. The third-order valence-electron chi connectivity index (χ3n) is 4.86. The van der Waals surface area contributed by atoms with Gasteiger partial charge in [-0.3, -0.25) is 14.6 Å². The molecule has 2 unspecified atom stereocenters. The van der Waals surface area contributed by atoms with Crippen molar-refractivity contribution in [3.8, 4) is 0 Å². The van der Waals surface area contributed by atoms with Gasteiger partial charge < -0.3 is 10.6 Å². The number of hydrogen-bond donors (Lipinski definition) is 2. The predicted molar refractivity (Wildman–Crippen MR) is 117 cm³/mol. The molecule has 3 rings (SSSR count). The second kappa shape index (κ2) is 9.91. The highest BCUT2D eigenvalue weighted by Gasteiger charge is 2.29. The third kappa shape index (κ3) is 5.44. The van der Waals surface area contributed by atoms with E-state index in [4.69, 9.17) is 0 Å². The van der Waals surface area contributed by atoms with E-state index < -0.39 is 0 Å². The van der Waals surface area contributed by atoms with Crippen LogP contribution in [0.15, 0.2) is 47.6 Å². The molecule has 0 saturated carbocycles. The summed E-state index contributed by atoms with van der Waals surface area (Å²) in [6, 6.07) is 13.7. The Balaban J connectivity index is 0.00000243. The Bertz CT molecular complexity index is 699. The summed E-state index contributed by atoms with van der Waals surface area (Å²) < 4.78 is 1.87. The van der Waals surface area contributed by atoms with Gasteiger partial charge in [0.1, 0.15) is 0 Å². The van der Waals surface area contributed by atoms with Crippen LogP contribution in [0.1, 0.15) is 24.6 Å². The Morgan fingerprint density at radius 2 is 2.04 bits per heavy atom. The van der Waals surface area contributed by atoms with Crippen LogP contribution in [0, 0.1) is 0 Å². The molecule has 2 atom stereocenters. The number of halogens is 1. The van der Waals surface area contributed by atoms with Crippen LogP contribution in [0.5, 0.6) is 0 Å². The van der Waals surface area contributed by atoms with Gasteiger partial charge in [-0.15, -0.1) is 24.0 Å². The average molecular weight is 468 g/mol. The monoisotopic (exact) mass is 468 g/mol. The van der Waals surface area contributed by atoms with Crippen molar-refractivity contribution >= 4 is 29.9 Å². The quantitative estimate of drug-likeness (QED) is 0.402. The fraction of sp³-hybridized carbons (Fsp3) is 0.474. The van der Waals surface area contributed by atoms with Gasteiger partial charge in [0, 0.05) is 45.5 Å². The molecule has 0 aliphatic carbocycles. The van der Waals surface area contributed by atoms with E-state index in [9.17, 15) is 0 Å². The molecule has 1 aromatic heterocycles. The van der Waals surface area contributed by atoms with Crippen LogP contribution in [-0.2, 0) is 20.1 Å². The van der Waals surface area contributed by atoms with Gasteiger partial charge in [0.25, 0.3) is 0 Å². The fourth-order valence-corrected chi connectivity index (χ4v) is 3.38. The zero-order valence-electron chi connectivity index (χ0n) is 15.7. The average Bonchev–Trinajstić information content (AvgIpc) is 3.18. The van der Waals surface area contributed by atoms with Gasteiger partial charge in [0.05, 0.1) is 12.2 Å². The van der Waals surface area contributed by atoms with E-state index in [0.29, 0.717) is 18.6 Å². The zero-order valence-corrected chi connectivity index (χ0v) is 18.1. The highest BCUT2D eigenvalue weighted by molar-refractivity contribution is 14.0. The van der Waals surface area contributed by atoms with Crippen molar-refractivity contribution < 1.29 is 0 Å². The molecule has 0 spiro atoms. The molecule has 0 bridgehead atoms. The number of benzene rings is 1. The predicted octanol–water partition coefficient (Wildman–Crippen LogP) is 2.37. The number of nitrogens with zero attached hydrogens (tertiary/aromatic N) is 4. The number of aromatic nitrogens is 2. The van der Waals surface area contributed by atoms with Gasteiger partial charge in [-0.05, 0) is 25.0 Å². The minimum absolute atomic E-state index is 0. The van der Waals surface area contributed by atoms with Crippen molar-refractivity contribution in [2.24, 2.45) is 12.0 Å². The van der Waals surface area contributed by atoms with E-state index in [1.807, 2.05) is 31.0 Å². The maximum atomic E-state index is 4.36. The Morgan fingerprint density at radius 1 is 1.27 bits per heavy atom. The molecule has 1 fully saturated rings. The molecular weight excluding hydrogens is 439 g/mol. The normalized spacial score (nSPS) is 20.7. The topological polar surface area (TPSA) is 57.5 Å². The molecule has 0 amide bonds. The Hall–Kier alpha value is -1.61. The number of likely N-dealkylation sites (tertiary alicyclic amines) is 1. The summed E-state index contributed by atoms with van der Waals surface area (Å²) in [7, 11) is 3.77. The molecule has 1 aliphatic heterocycles. The molecule has 1 aromatic carbocycles. The van der Waals surface area contributed by atoms with Crippen LogP contribution < -0.4 is 10.6 Å². The number of aliphatic imine (C=N–C) groups is 1. The van der Waals surface area contributed by atoms with Gasteiger partial charge in [0.2, 0.25) is 0 Å². The lowest BCUT2D eigenvalue weighted by molar-refractivity contribution is 0.258. The summed E-state index contributed by atoms with van der Waals surface area (Å²) in [5.74, 6) is 0.847. The molecule has 2 N–H and O–H groups in total. The first kappa shape index (κ1) is 20.7. The van der Waals surface area contributed by atoms with Crippen LogP contribution >= 0.6 is 24.0 Å². The Labute approximate surface area is 173 Å². The van der Waals surface area contributed by atoms with Crippen LogP contribution in [0.4, 0.5) is 0 Å². The molecule has 2 aromatic rings. The van der Waals surface area contributed by atoms with Gasteiger partial charge in [0.15, 0.2) is 5.96 Å². The molecule has 7 heteroatoms. The third-order valence-corrected chi connectivity index (χ3v) is 4.86. The SMILES string of the molecule is CN=C(NCc1ccnn1C)NC1CC(C)N(Cc2ccccc2)C1.I. The van der Waals surface area contributed by atoms with Gasteiger partial charge in [-0.1, -0.05) is 30.3 Å². The van der Waals surface area contributed by atoms with Crippen LogP contribution in [0.25, 0.3) is 0 Å². The van der Waals surface area contributed by atoms with Crippen molar-refractivity contribution in [1.29, 1.82) is 0 Å². The Morgan fingerprint density at radius 3 is 2.69 bits per heavy atom. The second-order valence-electron chi connectivity index (χ2n) is 6.71. The molecule has 1 aliphatic rings. The fourth-order valence-electron chi connectivity index (χ4n) is 3.38. The molecule has 6 nitrogen and oxygen atoms in total. The van der Waals surface area contributed by atoms with E-state index in [-0.39, 0.29) is 24.0 Å². The summed E-state index contributed by atoms with van der Waals surface area (Å²) >= 11 is 0. The van der Waals surface area contributed by atoms with E-state index in [0.717, 1.165) is 31.2 Å². The molecule has 1 saturated heterocycles. The Kier molecular flexibility index (Phi) is 7.89.